The average molecular weight is 467 g/mol. The molecule has 0 N–H and O–H groups in total. The summed E-state index contributed by atoms with van der Waals surface area (Å²) in [5, 5.41) is 0. The molecule has 0 spiro atoms. The van der Waals surface area contributed by atoms with Gasteiger partial charge in [-0.1, -0.05) is 12.1 Å². The van der Waals surface area contributed by atoms with Crippen molar-refractivity contribution in [3.63, 3.8) is 0 Å². The summed E-state index contributed by atoms with van der Waals surface area (Å²) < 4.78 is 36.3. The summed E-state index contributed by atoms with van der Waals surface area (Å²) in [5.41, 5.74) is 1.23. The number of nitrogens with zero attached hydrogens (tertiary/aromatic N) is 2. The molecule has 0 saturated carbocycles. The van der Waals surface area contributed by atoms with Crippen molar-refractivity contribution in [3.8, 4) is 5.75 Å². The fourth-order valence-electron chi connectivity index (χ4n) is 4.62. The van der Waals surface area contributed by atoms with E-state index < -0.39 is 10.0 Å². The van der Waals surface area contributed by atoms with Crippen molar-refractivity contribution in [3.05, 3.63) is 29.8 Å². The Morgan fingerprint density at radius 1 is 1.09 bits per heavy atom. The lowest BCUT2D eigenvalue weighted by Gasteiger charge is -2.31. The third-order valence-electron chi connectivity index (χ3n) is 6.49. The first kappa shape index (κ1) is 24.8. The number of ether oxygens (including phenoxy) is 2. The number of hydrogen-bond acceptors (Lipinski definition) is 5. The minimum absolute atomic E-state index is 0.0730. The van der Waals surface area contributed by atoms with Crippen LogP contribution < -0.4 is 4.74 Å². The van der Waals surface area contributed by atoms with Gasteiger partial charge < -0.3 is 14.4 Å². The number of rotatable bonds is 8. The molecular formula is C24H38N2O5S. The molecule has 2 aliphatic heterocycles. The maximum absolute atomic E-state index is 12.0. The quantitative estimate of drug-likeness (QED) is 0.536. The number of likely N-dealkylation sites (tertiary alicyclic amines) is 1. The van der Waals surface area contributed by atoms with Gasteiger partial charge in [0.2, 0.25) is 10.0 Å². The second-order valence-electron chi connectivity index (χ2n) is 9.36. The van der Waals surface area contributed by atoms with Crippen LogP contribution in [0.25, 0.3) is 0 Å². The highest BCUT2D eigenvalue weighted by Gasteiger charge is 2.26. The molecule has 8 heteroatoms. The van der Waals surface area contributed by atoms with Crippen molar-refractivity contribution >= 4 is 16.1 Å². The summed E-state index contributed by atoms with van der Waals surface area (Å²) >= 11 is 0. The minimum Gasteiger partial charge on any atom is -0.494 e. The Kier molecular flexibility index (Phi) is 8.82. The molecule has 0 aromatic heterocycles. The van der Waals surface area contributed by atoms with Crippen molar-refractivity contribution in [1.29, 1.82) is 0 Å². The second-order valence-corrected chi connectivity index (χ2v) is 11.3. The lowest BCUT2D eigenvalue weighted by Crippen LogP contribution is -2.39. The molecule has 0 atom stereocenters. The van der Waals surface area contributed by atoms with Gasteiger partial charge in [-0.25, -0.2) is 17.5 Å². The Bertz CT molecular complexity index is 842. The predicted molar refractivity (Wildman–Crippen MR) is 125 cm³/mol. The van der Waals surface area contributed by atoms with Gasteiger partial charge in [0, 0.05) is 26.2 Å². The van der Waals surface area contributed by atoms with Crippen molar-refractivity contribution in [2.45, 2.75) is 64.4 Å². The van der Waals surface area contributed by atoms with Crippen LogP contribution in [-0.4, -0.2) is 68.9 Å². The summed E-state index contributed by atoms with van der Waals surface area (Å²) in [6, 6.07) is 8.25. The molecule has 1 aromatic carbocycles. The number of carbonyl (C=O) groups is 1. The molecule has 2 fully saturated rings. The Labute approximate surface area is 193 Å². The van der Waals surface area contributed by atoms with Crippen LogP contribution in [0.1, 0.15) is 63.9 Å². The number of amides is 1. The van der Waals surface area contributed by atoms with Crippen LogP contribution in [0, 0.1) is 5.92 Å². The number of carbonyl (C=O) groups excluding carboxylic acids is 1. The van der Waals surface area contributed by atoms with Gasteiger partial charge in [0.1, 0.15) is 5.75 Å². The van der Waals surface area contributed by atoms with E-state index in [1.807, 2.05) is 30.9 Å². The van der Waals surface area contributed by atoms with Gasteiger partial charge in [0.15, 0.2) is 0 Å². The summed E-state index contributed by atoms with van der Waals surface area (Å²) in [6.07, 6.45) is 6.87. The first-order valence-electron chi connectivity index (χ1n) is 11.9. The average Bonchev–Trinajstić information content (AvgIpc) is 2.76. The second kappa shape index (κ2) is 11.4. The van der Waals surface area contributed by atoms with E-state index in [9.17, 15) is 13.2 Å². The standard InChI is InChI=1S/C24H38N2O5S/c1-19(2)31-24(27)25-13-9-20(10-14-25)6-5-17-30-23-8-4-7-22(18-23)21-11-15-26(16-12-21)32(3,28)29/h4,7-8,18-21H,5-6,9-17H2,1-3H3. The first-order valence-corrected chi connectivity index (χ1v) is 13.7. The molecule has 0 bridgehead atoms. The molecular weight excluding hydrogens is 428 g/mol. The lowest BCUT2D eigenvalue weighted by atomic mass is 9.90. The van der Waals surface area contributed by atoms with E-state index in [-0.39, 0.29) is 12.2 Å². The SMILES string of the molecule is CC(C)OC(=O)N1CCC(CCCOc2cccc(C3CCN(S(C)(=O)=O)CC3)c2)CC1. The highest BCUT2D eigenvalue weighted by atomic mass is 32.2. The Hall–Kier alpha value is -1.80. The van der Waals surface area contributed by atoms with E-state index in [1.165, 1.54) is 11.8 Å². The fraction of sp³-hybridized carbons (Fsp3) is 0.708. The zero-order valence-electron chi connectivity index (χ0n) is 19.7. The summed E-state index contributed by atoms with van der Waals surface area (Å²) in [5.74, 6) is 1.90. The highest BCUT2D eigenvalue weighted by molar-refractivity contribution is 7.88. The van der Waals surface area contributed by atoms with Crippen LogP contribution in [0.2, 0.25) is 0 Å². The molecule has 180 valence electrons. The van der Waals surface area contributed by atoms with Crippen molar-refractivity contribution in [2.75, 3.05) is 39.0 Å². The number of piperidine rings is 2. The highest BCUT2D eigenvalue weighted by Crippen LogP contribution is 2.31. The topological polar surface area (TPSA) is 76.2 Å². The zero-order valence-corrected chi connectivity index (χ0v) is 20.5. The van der Waals surface area contributed by atoms with Crippen LogP contribution in [0.3, 0.4) is 0 Å². The number of benzene rings is 1. The van der Waals surface area contributed by atoms with Crippen LogP contribution in [0.15, 0.2) is 24.3 Å². The van der Waals surface area contributed by atoms with Crippen molar-refractivity contribution < 1.29 is 22.7 Å². The van der Waals surface area contributed by atoms with Gasteiger partial charge in [-0.05, 0) is 81.9 Å². The fourth-order valence-corrected chi connectivity index (χ4v) is 5.50. The van der Waals surface area contributed by atoms with E-state index in [0.29, 0.717) is 31.5 Å². The molecule has 1 amide bonds. The van der Waals surface area contributed by atoms with Gasteiger partial charge in [0.25, 0.3) is 0 Å². The molecule has 2 aliphatic rings. The molecule has 0 radical (unpaired) electrons. The van der Waals surface area contributed by atoms with E-state index in [1.54, 1.807) is 4.31 Å². The van der Waals surface area contributed by atoms with E-state index in [2.05, 4.69) is 12.1 Å². The van der Waals surface area contributed by atoms with Crippen molar-refractivity contribution in [2.24, 2.45) is 5.92 Å². The third kappa shape index (κ3) is 7.37. The predicted octanol–water partition coefficient (Wildman–Crippen LogP) is 4.24. The molecule has 2 saturated heterocycles. The van der Waals surface area contributed by atoms with Crippen LogP contribution in [0.5, 0.6) is 5.75 Å². The smallest absolute Gasteiger partial charge is 0.410 e. The largest absolute Gasteiger partial charge is 0.494 e. The van der Waals surface area contributed by atoms with Crippen LogP contribution >= 0.6 is 0 Å². The zero-order chi connectivity index (χ0) is 23.1. The summed E-state index contributed by atoms with van der Waals surface area (Å²) in [4.78, 5) is 13.8. The maximum atomic E-state index is 12.0. The van der Waals surface area contributed by atoms with Crippen LogP contribution in [0.4, 0.5) is 4.79 Å². The van der Waals surface area contributed by atoms with Gasteiger partial charge >= 0.3 is 6.09 Å². The number of hydrogen-bond donors (Lipinski definition) is 0. The molecule has 7 nitrogen and oxygen atoms in total. The molecule has 3 rings (SSSR count). The molecule has 0 unspecified atom stereocenters. The monoisotopic (exact) mass is 466 g/mol. The minimum atomic E-state index is -3.09. The lowest BCUT2D eigenvalue weighted by molar-refractivity contribution is 0.0643. The van der Waals surface area contributed by atoms with Gasteiger partial charge in [-0.15, -0.1) is 0 Å². The third-order valence-corrected chi connectivity index (χ3v) is 7.79. The van der Waals surface area contributed by atoms with Gasteiger partial charge in [0.05, 0.1) is 19.0 Å². The van der Waals surface area contributed by atoms with Gasteiger partial charge in [-0.2, -0.15) is 0 Å². The molecule has 32 heavy (non-hydrogen) atoms. The number of sulfonamides is 1. The Morgan fingerprint density at radius 3 is 2.41 bits per heavy atom. The van der Waals surface area contributed by atoms with Gasteiger partial charge in [-0.3, -0.25) is 0 Å². The van der Waals surface area contributed by atoms with Crippen molar-refractivity contribution in [1.82, 2.24) is 9.21 Å². The maximum Gasteiger partial charge on any atom is 0.410 e. The normalized spacial score (nSPS) is 19.3. The molecule has 0 aliphatic carbocycles. The summed E-state index contributed by atoms with van der Waals surface area (Å²) in [6.45, 7) is 7.16. The summed E-state index contributed by atoms with van der Waals surface area (Å²) in [7, 11) is -3.09. The molecule has 1 aromatic rings. The Balaban J connectivity index is 1.36. The van der Waals surface area contributed by atoms with E-state index in [0.717, 1.165) is 57.4 Å². The molecule has 2 heterocycles. The van der Waals surface area contributed by atoms with Crippen LogP contribution in [-0.2, 0) is 14.8 Å². The first-order chi connectivity index (χ1) is 15.2. The van der Waals surface area contributed by atoms with E-state index in [4.69, 9.17) is 9.47 Å². The van der Waals surface area contributed by atoms with E-state index >= 15 is 0 Å². The Morgan fingerprint density at radius 2 is 1.78 bits per heavy atom.